The molecule has 0 saturated carbocycles. The van der Waals surface area contributed by atoms with Crippen LogP contribution < -0.4 is 5.32 Å². The largest absolute Gasteiger partial charge is 0.453 e. The van der Waals surface area contributed by atoms with E-state index in [2.05, 4.69) is 23.2 Å². The third-order valence-corrected chi connectivity index (χ3v) is 2.45. The fourth-order valence-corrected chi connectivity index (χ4v) is 0.921. The molecule has 11 heavy (non-hydrogen) atoms. The van der Waals surface area contributed by atoms with Crippen LogP contribution in [0.4, 0.5) is 4.79 Å². The Balaban J connectivity index is 3.20. The van der Waals surface area contributed by atoms with Gasteiger partial charge in [-0.15, -0.1) is 0 Å². The maximum Gasteiger partial charge on any atom is 0.406 e. The predicted molar refractivity (Wildman–Crippen MR) is 48.0 cm³/mol. The summed E-state index contributed by atoms with van der Waals surface area (Å²) in [6, 6.07) is 0. The first-order chi connectivity index (χ1) is 5.20. The molecule has 0 rings (SSSR count). The number of alkyl carbamates (subject to hydrolysis) is 1. The van der Waals surface area contributed by atoms with Crippen molar-refractivity contribution in [2.75, 3.05) is 19.9 Å². The Morgan fingerprint density at radius 3 is 2.82 bits per heavy atom. The molecule has 0 aromatic rings. The van der Waals surface area contributed by atoms with Crippen molar-refractivity contribution in [2.45, 2.75) is 18.6 Å². The number of ether oxygens (including phenoxy) is 1. The van der Waals surface area contributed by atoms with Crippen LogP contribution in [0.3, 0.4) is 0 Å². The molecule has 4 heteroatoms. The van der Waals surface area contributed by atoms with Gasteiger partial charge in [0.2, 0.25) is 0 Å². The molecule has 1 atom stereocenters. The van der Waals surface area contributed by atoms with Crippen molar-refractivity contribution in [1.29, 1.82) is 0 Å². The standard InChI is InChI=1S/C7H15NO2S/c1-6(11-3)4-5-8-7(9)10-2/h6H,4-5H2,1-3H3,(H,8,9). The molecule has 1 amide bonds. The number of hydrogen-bond donors (Lipinski definition) is 1. The molecule has 0 spiro atoms. The van der Waals surface area contributed by atoms with Gasteiger partial charge in [-0.25, -0.2) is 4.79 Å². The summed E-state index contributed by atoms with van der Waals surface area (Å²) in [6.07, 6.45) is 2.69. The van der Waals surface area contributed by atoms with Gasteiger partial charge in [0, 0.05) is 11.8 Å². The third-order valence-electron chi connectivity index (χ3n) is 1.41. The second-order valence-electron chi connectivity index (χ2n) is 2.25. The van der Waals surface area contributed by atoms with Gasteiger partial charge in [-0.05, 0) is 12.7 Å². The minimum Gasteiger partial charge on any atom is -0.453 e. The van der Waals surface area contributed by atoms with E-state index in [1.165, 1.54) is 7.11 Å². The van der Waals surface area contributed by atoms with Crippen molar-refractivity contribution in [2.24, 2.45) is 0 Å². The van der Waals surface area contributed by atoms with Crippen LogP contribution in [0.15, 0.2) is 0 Å². The summed E-state index contributed by atoms with van der Waals surface area (Å²) in [5.41, 5.74) is 0. The number of carbonyl (C=O) groups excluding carboxylic acids is 1. The number of hydrogen-bond acceptors (Lipinski definition) is 3. The lowest BCUT2D eigenvalue weighted by Gasteiger charge is -2.07. The Bertz CT molecular complexity index is 119. The zero-order chi connectivity index (χ0) is 8.69. The summed E-state index contributed by atoms with van der Waals surface area (Å²) in [6.45, 7) is 2.82. The summed E-state index contributed by atoms with van der Waals surface area (Å²) < 4.78 is 4.41. The smallest absolute Gasteiger partial charge is 0.406 e. The van der Waals surface area contributed by atoms with Crippen molar-refractivity contribution < 1.29 is 9.53 Å². The lowest BCUT2D eigenvalue weighted by Crippen LogP contribution is -2.25. The molecule has 0 heterocycles. The van der Waals surface area contributed by atoms with Crippen LogP contribution in [-0.2, 0) is 4.74 Å². The second-order valence-corrected chi connectivity index (χ2v) is 3.53. The molecule has 0 aromatic carbocycles. The van der Waals surface area contributed by atoms with E-state index in [0.29, 0.717) is 11.8 Å². The molecule has 66 valence electrons. The van der Waals surface area contributed by atoms with Crippen molar-refractivity contribution in [1.82, 2.24) is 5.32 Å². The van der Waals surface area contributed by atoms with Gasteiger partial charge in [-0.1, -0.05) is 6.92 Å². The Morgan fingerprint density at radius 1 is 1.73 bits per heavy atom. The van der Waals surface area contributed by atoms with E-state index in [1.54, 1.807) is 11.8 Å². The summed E-state index contributed by atoms with van der Waals surface area (Å²) >= 11 is 1.79. The second kappa shape index (κ2) is 6.34. The number of amides is 1. The Labute approximate surface area is 71.9 Å². The van der Waals surface area contributed by atoms with Crippen LogP contribution in [-0.4, -0.2) is 31.3 Å². The van der Waals surface area contributed by atoms with E-state index >= 15 is 0 Å². The molecule has 0 radical (unpaired) electrons. The molecule has 0 saturated heterocycles. The van der Waals surface area contributed by atoms with E-state index in [4.69, 9.17) is 0 Å². The highest BCUT2D eigenvalue weighted by molar-refractivity contribution is 7.99. The van der Waals surface area contributed by atoms with Crippen molar-refractivity contribution >= 4 is 17.9 Å². The molecule has 0 aliphatic carbocycles. The fraction of sp³-hybridized carbons (Fsp3) is 0.857. The lowest BCUT2D eigenvalue weighted by molar-refractivity contribution is 0.171. The zero-order valence-electron chi connectivity index (χ0n) is 7.22. The SMILES string of the molecule is COC(=O)NCCC(C)SC. The molecule has 1 N–H and O–H groups in total. The number of nitrogens with one attached hydrogen (secondary N) is 1. The Kier molecular flexibility index (Phi) is 6.12. The lowest BCUT2D eigenvalue weighted by atomic mass is 10.3. The molecule has 0 aliphatic rings. The molecule has 0 aromatic heterocycles. The first-order valence-corrected chi connectivity index (χ1v) is 4.84. The van der Waals surface area contributed by atoms with Gasteiger partial charge in [0.05, 0.1) is 7.11 Å². The van der Waals surface area contributed by atoms with E-state index in [1.807, 2.05) is 0 Å². The molecular formula is C7H15NO2S. The molecular weight excluding hydrogens is 162 g/mol. The number of carbonyl (C=O) groups is 1. The van der Waals surface area contributed by atoms with E-state index in [-0.39, 0.29) is 6.09 Å². The minimum absolute atomic E-state index is 0.349. The maximum atomic E-state index is 10.5. The van der Waals surface area contributed by atoms with Gasteiger partial charge < -0.3 is 10.1 Å². The minimum atomic E-state index is -0.349. The zero-order valence-corrected chi connectivity index (χ0v) is 8.03. The molecule has 0 bridgehead atoms. The van der Waals surface area contributed by atoms with Gasteiger partial charge in [-0.3, -0.25) is 0 Å². The fourth-order valence-electron chi connectivity index (χ4n) is 0.568. The first kappa shape index (κ1) is 10.6. The van der Waals surface area contributed by atoms with Crippen molar-refractivity contribution in [3.8, 4) is 0 Å². The van der Waals surface area contributed by atoms with E-state index < -0.39 is 0 Å². The summed E-state index contributed by atoms with van der Waals surface area (Å²) in [5.74, 6) is 0. The third kappa shape index (κ3) is 6.04. The summed E-state index contributed by atoms with van der Waals surface area (Å²) in [5, 5.41) is 3.21. The van der Waals surface area contributed by atoms with Crippen LogP contribution in [0, 0.1) is 0 Å². The number of methoxy groups -OCH3 is 1. The maximum absolute atomic E-state index is 10.5. The highest BCUT2D eigenvalue weighted by atomic mass is 32.2. The number of thioether (sulfide) groups is 1. The van der Waals surface area contributed by atoms with E-state index in [0.717, 1.165) is 6.42 Å². The van der Waals surface area contributed by atoms with Crippen LogP contribution in [0.2, 0.25) is 0 Å². The predicted octanol–water partition coefficient (Wildman–Crippen LogP) is 1.48. The van der Waals surface area contributed by atoms with Gasteiger partial charge in [0.25, 0.3) is 0 Å². The highest BCUT2D eigenvalue weighted by Crippen LogP contribution is 2.07. The van der Waals surface area contributed by atoms with Crippen molar-refractivity contribution in [3.63, 3.8) is 0 Å². The summed E-state index contributed by atoms with van der Waals surface area (Å²) in [4.78, 5) is 10.5. The van der Waals surface area contributed by atoms with Crippen LogP contribution in [0.5, 0.6) is 0 Å². The quantitative estimate of drug-likeness (QED) is 0.707. The van der Waals surface area contributed by atoms with Crippen LogP contribution >= 0.6 is 11.8 Å². The van der Waals surface area contributed by atoms with Gasteiger partial charge in [0.15, 0.2) is 0 Å². The topological polar surface area (TPSA) is 38.3 Å². The van der Waals surface area contributed by atoms with Gasteiger partial charge in [0.1, 0.15) is 0 Å². The van der Waals surface area contributed by atoms with E-state index in [9.17, 15) is 4.79 Å². The normalized spacial score (nSPS) is 12.3. The van der Waals surface area contributed by atoms with Gasteiger partial charge >= 0.3 is 6.09 Å². The monoisotopic (exact) mass is 177 g/mol. The van der Waals surface area contributed by atoms with Gasteiger partial charge in [-0.2, -0.15) is 11.8 Å². The summed E-state index contributed by atoms with van der Waals surface area (Å²) in [7, 11) is 1.37. The highest BCUT2D eigenvalue weighted by Gasteiger charge is 2.00. The molecule has 1 unspecified atom stereocenters. The average molecular weight is 177 g/mol. The van der Waals surface area contributed by atoms with Crippen LogP contribution in [0.1, 0.15) is 13.3 Å². The number of rotatable bonds is 4. The van der Waals surface area contributed by atoms with Crippen LogP contribution in [0.25, 0.3) is 0 Å². The Hall–Kier alpha value is -0.380. The molecule has 3 nitrogen and oxygen atoms in total. The average Bonchev–Trinajstić information content (AvgIpc) is 2.04. The molecule has 0 fully saturated rings. The first-order valence-electron chi connectivity index (χ1n) is 3.55. The van der Waals surface area contributed by atoms with Crippen molar-refractivity contribution in [3.05, 3.63) is 0 Å². The Morgan fingerprint density at radius 2 is 2.36 bits per heavy atom. The molecule has 0 aliphatic heterocycles.